The molecule has 1 aliphatic rings. The molecule has 0 saturated carbocycles. The lowest BCUT2D eigenvalue weighted by atomic mass is 10.0. The van der Waals surface area contributed by atoms with Crippen LogP contribution in [0.25, 0.3) is 11.0 Å². The number of aromatic nitrogens is 2. The number of benzene rings is 2. The average Bonchev–Trinajstić information content (AvgIpc) is 3.13. The molecular weight excluding hydrogens is 459 g/mol. The number of halogens is 2. The number of anilines is 1. The van der Waals surface area contributed by atoms with Gasteiger partial charge in [0.2, 0.25) is 5.95 Å². The molecular formula is C25H30Cl2N4O2. The van der Waals surface area contributed by atoms with E-state index >= 15 is 0 Å². The van der Waals surface area contributed by atoms with Crippen LogP contribution in [-0.4, -0.2) is 52.3 Å². The third-order valence-corrected chi connectivity index (χ3v) is 6.70. The summed E-state index contributed by atoms with van der Waals surface area (Å²) in [4.78, 5) is 21.5. The number of hydrogen-bond acceptors (Lipinski definition) is 4. The van der Waals surface area contributed by atoms with Crippen LogP contribution in [0.15, 0.2) is 42.5 Å². The van der Waals surface area contributed by atoms with E-state index in [1.807, 2.05) is 64.2 Å². The molecule has 0 atom stereocenters. The van der Waals surface area contributed by atoms with Gasteiger partial charge in [0.05, 0.1) is 17.6 Å². The number of piperidine rings is 1. The fourth-order valence-corrected chi connectivity index (χ4v) is 4.75. The molecule has 1 aliphatic heterocycles. The molecule has 0 N–H and O–H groups in total. The van der Waals surface area contributed by atoms with Crippen molar-refractivity contribution < 1.29 is 9.53 Å². The second kappa shape index (κ2) is 9.43. The average molecular weight is 489 g/mol. The molecule has 176 valence electrons. The molecule has 1 amide bonds. The number of para-hydroxylation sites is 2. The predicted molar refractivity (Wildman–Crippen MR) is 135 cm³/mol. The number of carbonyl (C=O) groups is 1. The van der Waals surface area contributed by atoms with Crippen molar-refractivity contribution in [2.75, 3.05) is 25.0 Å². The summed E-state index contributed by atoms with van der Waals surface area (Å²) in [5.41, 5.74) is 2.35. The van der Waals surface area contributed by atoms with Crippen LogP contribution < -0.4 is 4.90 Å². The van der Waals surface area contributed by atoms with Gasteiger partial charge in [-0.2, -0.15) is 0 Å². The third kappa shape index (κ3) is 5.22. The molecule has 0 radical (unpaired) electrons. The zero-order valence-electron chi connectivity index (χ0n) is 19.5. The number of hydrogen-bond donors (Lipinski definition) is 0. The van der Waals surface area contributed by atoms with Crippen LogP contribution in [0.2, 0.25) is 10.0 Å². The maximum atomic E-state index is 12.5. The van der Waals surface area contributed by atoms with Crippen molar-refractivity contribution in [1.82, 2.24) is 14.5 Å². The van der Waals surface area contributed by atoms with Crippen molar-refractivity contribution >= 4 is 46.3 Å². The Morgan fingerprint density at radius 2 is 1.73 bits per heavy atom. The zero-order chi connectivity index (χ0) is 23.8. The minimum absolute atomic E-state index is 0.131. The molecule has 3 aromatic rings. The van der Waals surface area contributed by atoms with Crippen LogP contribution in [0.5, 0.6) is 0 Å². The van der Waals surface area contributed by atoms with Gasteiger partial charge in [-0.15, -0.1) is 0 Å². The van der Waals surface area contributed by atoms with Crippen LogP contribution in [0.1, 0.15) is 39.2 Å². The summed E-state index contributed by atoms with van der Waals surface area (Å²) in [7, 11) is 1.82. The first kappa shape index (κ1) is 23.7. The summed E-state index contributed by atoms with van der Waals surface area (Å²) in [5.74, 6) is 0.894. The fraction of sp³-hybridized carbons (Fsp3) is 0.440. The summed E-state index contributed by atoms with van der Waals surface area (Å²) in [6, 6.07) is 13.8. The highest BCUT2D eigenvalue weighted by atomic mass is 35.5. The predicted octanol–water partition coefficient (Wildman–Crippen LogP) is 6.23. The Morgan fingerprint density at radius 1 is 1.09 bits per heavy atom. The van der Waals surface area contributed by atoms with Crippen molar-refractivity contribution in [3.63, 3.8) is 0 Å². The summed E-state index contributed by atoms with van der Waals surface area (Å²) >= 11 is 13.0. The van der Waals surface area contributed by atoms with Gasteiger partial charge in [-0.1, -0.05) is 41.4 Å². The highest BCUT2D eigenvalue weighted by Crippen LogP contribution is 2.31. The number of fused-ring (bicyclic) bond motifs is 1. The molecule has 2 heterocycles. The van der Waals surface area contributed by atoms with E-state index in [9.17, 15) is 4.79 Å². The van der Waals surface area contributed by atoms with Crippen molar-refractivity contribution in [3.05, 3.63) is 58.1 Å². The molecule has 0 bridgehead atoms. The topological polar surface area (TPSA) is 50.6 Å². The van der Waals surface area contributed by atoms with E-state index in [1.165, 1.54) is 0 Å². The van der Waals surface area contributed by atoms with E-state index in [0.29, 0.717) is 16.6 Å². The van der Waals surface area contributed by atoms with Crippen molar-refractivity contribution in [1.29, 1.82) is 0 Å². The van der Waals surface area contributed by atoms with Gasteiger partial charge in [-0.05, 0) is 57.9 Å². The summed E-state index contributed by atoms with van der Waals surface area (Å²) < 4.78 is 7.72. The Labute approximate surface area is 205 Å². The Bertz CT molecular complexity index is 1130. The smallest absolute Gasteiger partial charge is 0.410 e. The number of rotatable bonds is 4. The second-order valence-electron chi connectivity index (χ2n) is 9.50. The molecule has 0 spiro atoms. The van der Waals surface area contributed by atoms with Crippen molar-refractivity contribution in [3.8, 4) is 0 Å². The van der Waals surface area contributed by atoms with Crippen LogP contribution in [0.4, 0.5) is 10.7 Å². The number of ether oxygens (including phenoxy) is 1. The maximum Gasteiger partial charge on any atom is 0.410 e. The monoisotopic (exact) mass is 488 g/mol. The molecule has 6 nitrogen and oxygen atoms in total. The Balaban J connectivity index is 1.56. The zero-order valence-corrected chi connectivity index (χ0v) is 21.0. The largest absolute Gasteiger partial charge is 0.444 e. The van der Waals surface area contributed by atoms with Gasteiger partial charge in [0, 0.05) is 41.8 Å². The molecule has 1 fully saturated rings. The summed E-state index contributed by atoms with van der Waals surface area (Å²) in [6.07, 6.45) is 1.40. The lowest BCUT2D eigenvalue weighted by Crippen LogP contribution is -2.47. The van der Waals surface area contributed by atoms with Gasteiger partial charge in [0.25, 0.3) is 0 Å². The fourth-order valence-electron chi connectivity index (χ4n) is 4.24. The van der Waals surface area contributed by atoms with Crippen LogP contribution in [0.3, 0.4) is 0 Å². The van der Waals surface area contributed by atoms with Gasteiger partial charge in [0.1, 0.15) is 5.60 Å². The molecule has 1 saturated heterocycles. The second-order valence-corrected chi connectivity index (χ2v) is 10.3. The van der Waals surface area contributed by atoms with E-state index < -0.39 is 5.60 Å². The van der Waals surface area contributed by atoms with Crippen molar-refractivity contribution in [2.24, 2.45) is 0 Å². The number of imidazole rings is 1. The van der Waals surface area contributed by atoms with Gasteiger partial charge in [0.15, 0.2) is 0 Å². The van der Waals surface area contributed by atoms with Gasteiger partial charge in [-0.25, -0.2) is 9.78 Å². The SMILES string of the molecule is CN(C(=O)OC(C)(C)C)C1CCN(c2nc3ccccc3n2Cc2c(Cl)cccc2Cl)CC1. The Hall–Kier alpha value is -2.44. The highest BCUT2D eigenvalue weighted by molar-refractivity contribution is 6.36. The summed E-state index contributed by atoms with van der Waals surface area (Å²) in [6.45, 7) is 7.77. The number of amides is 1. The minimum Gasteiger partial charge on any atom is -0.444 e. The first-order valence-electron chi connectivity index (χ1n) is 11.2. The Kier molecular flexibility index (Phi) is 6.78. The molecule has 1 aromatic heterocycles. The molecule has 8 heteroatoms. The van der Waals surface area contributed by atoms with E-state index in [4.69, 9.17) is 32.9 Å². The van der Waals surface area contributed by atoms with Gasteiger partial charge in [-0.3, -0.25) is 0 Å². The summed E-state index contributed by atoms with van der Waals surface area (Å²) in [5, 5.41) is 1.29. The lowest BCUT2D eigenvalue weighted by molar-refractivity contribution is 0.0200. The standard InChI is InChI=1S/C25H30Cl2N4O2/c1-25(2,3)33-24(32)29(4)17-12-14-30(15-13-17)23-28-21-10-5-6-11-22(21)31(23)16-18-19(26)8-7-9-20(18)27/h5-11,17H,12-16H2,1-4H3. The normalized spacial score (nSPS) is 15.2. The minimum atomic E-state index is -0.503. The van der Waals surface area contributed by atoms with E-state index in [0.717, 1.165) is 48.5 Å². The number of nitrogens with zero attached hydrogens (tertiary/aromatic N) is 4. The maximum absolute atomic E-state index is 12.5. The van der Waals surface area contributed by atoms with Crippen LogP contribution in [-0.2, 0) is 11.3 Å². The molecule has 0 aliphatic carbocycles. The molecule has 2 aromatic carbocycles. The molecule has 0 unspecified atom stereocenters. The quantitative estimate of drug-likeness (QED) is 0.436. The first-order chi connectivity index (χ1) is 15.6. The molecule has 4 rings (SSSR count). The van der Waals surface area contributed by atoms with E-state index in [1.54, 1.807) is 4.90 Å². The first-order valence-corrected chi connectivity index (χ1v) is 12.0. The highest BCUT2D eigenvalue weighted by Gasteiger charge is 2.30. The van der Waals surface area contributed by atoms with Gasteiger partial charge >= 0.3 is 6.09 Å². The Morgan fingerprint density at radius 3 is 2.36 bits per heavy atom. The van der Waals surface area contributed by atoms with Crippen LogP contribution >= 0.6 is 23.2 Å². The molecule has 33 heavy (non-hydrogen) atoms. The van der Waals surface area contributed by atoms with E-state index in [-0.39, 0.29) is 12.1 Å². The number of carbonyl (C=O) groups excluding carboxylic acids is 1. The van der Waals surface area contributed by atoms with Crippen LogP contribution in [0, 0.1) is 0 Å². The lowest BCUT2D eigenvalue weighted by Gasteiger charge is -2.37. The van der Waals surface area contributed by atoms with Gasteiger partial charge < -0.3 is 19.1 Å². The van der Waals surface area contributed by atoms with Crippen molar-refractivity contribution in [2.45, 2.75) is 51.8 Å². The third-order valence-electron chi connectivity index (χ3n) is 5.99. The van der Waals surface area contributed by atoms with E-state index in [2.05, 4.69) is 15.5 Å².